The standard InChI is InChI=1S/C18H18Cl2N2O5S/c1-22(2)28(25,26)16-10-14(7-8-15(16)20)21-17(23)11-27-18(24)9-12-3-5-13(19)6-4-12/h3-8,10H,9,11H2,1-2H3,(H,21,23). The molecule has 1 amide bonds. The van der Waals surface area contributed by atoms with Crippen LogP contribution in [-0.2, 0) is 30.8 Å². The largest absolute Gasteiger partial charge is 0.455 e. The van der Waals surface area contributed by atoms with Crippen molar-refractivity contribution in [2.75, 3.05) is 26.0 Å². The fraction of sp³-hybridized carbons (Fsp3) is 0.222. The highest BCUT2D eigenvalue weighted by Crippen LogP contribution is 2.26. The zero-order chi connectivity index (χ0) is 20.9. The number of carbonyl (C=O) groups is 2. The molecule has 2 aromatic carbocycles. The number of benzene rings is 2. The van der Waals surface area contributed by atoms with Gasteiger partial charge in [-0.3, -0.25) is 9.59 Å². The van der Waals surface area contributed by atoms with Gasteiger partial charge in [-0.25, -0.2) is 12.7 Å². The summed E-state index contributed by atoms with van der Waals surface area (Å²) in [6.07, 6.45) is -0.00335. The van der Waals surface area contributed by atoms with Crippen LogP contribution >= 0.6 is 23.2 Å². The van der Waals surface area contributed by atoms with Crippen LogP contribution in [0.2, 0.25) is 10.0 Å². The average molecular weight is 445 g/mol. The molecule has 0 aliphatic carbocycles. The Labute approximate surface area is 173 Å². The van der Waals surface area contributed by atoms with Crippen molar-refractivity contribution < 1.29 is 22.7 Å². The van der Waals surface area contributed by atoms with Gasteiger partial charge in [0.1, 0.15) is 4.90 Å². The summed E-state index contributed by atoms with van der Waals surface area (Å²) < 4.78 is 30.4. The number of carbonyl (C=O) groups excluding carboxylic acids is 2. The number of nitrogens with one attached hydrogen (secondary N) is 1. The first-order valence-corrected chi connectivity index (χ1v) is 10.2. The number of halogens is 2. The second kappa shape index (κ2) is 9.38. The summed E-state index contributed by atoms with van der Waals surface area (Å²) in [5.74, 6) is -1.19. The molecule has 7 nitrogen and oxygen atoms in total. The van der Waals surface area contributed by atoms with Crippen LogP contribution in [0.5, 0.6) is 0 Å². The highest BCUT2D eigenvalue weighted by molar-refractivity contribution is 7.89. The summed E-state index contributed by atoms with van der Waals surface area (Å²) in [6, 6.07) is 10.7. The molecule has 0 bridgehead atoms. The summed E-state index contributed by atoms with van der Waals surface area (Å²) >= 11 is 11.7. The second-order valence-electron chi connectivity index (χ2n) is 5.94. The molecule has 0 aromatic heterocycles. The van der Waals surface area contributed by atoms with Crippen LogP contribution in [-0.4, -0.2) is 45.3 Å². The van der Waals surface area contributed by atoms with E-state index in [1.54, 1.807) is 24.3 Å². The number of esters is 1. The zero-order valence-electron chi connectivity index (χ0n) is 15.1. The Morgan fingerprint density at radius 1 is 1.07 bits per heavy atom. The van der Waals surface area contributed by atoms with Gasteiger partial charge < -0.3 is 10.1 Å². The molecule has 10 heteroatoms. The molecule has 0 heterocycles. The van der Waals surface area contributed by atoms with Crippen LogP contribution in [0.3, 0.4) is 0 Å². The minimum Gasteiger partial charge on any atom is -0.455 e. The van der Waals surface area contributed by atoms with Crippen molar-refractivity contribution in [2.45, 2.75) is 11.3 Å². The van der Waals surface area contributed by atoms with E-state index in [4.69, 9.17) is 27.9 Å². The molecule has 0 saturated heterocycles. The smallest absolute Gasteiger partial charge is 0.310 e. The number of hydrogen-bond acceptors (Lipinski definition) is 5. The van der Waals surface area contributed by atoms with Gasteiger partial charge in [0.15, 0.2) is 6.61 Å². The van der Waals surface area contributed by atoms with Crippen molar-refractivity contribution >= 4 is 50.8 Å². The molecule has 0 unspecified atom stereocenters. The minimum absolute atomic E-state index is 0.00335. The SMILES string of the molecule is CN(C)S(=O)(=O)c1cc(NC(=O)COC(=O)Cc2ccc(Cl)cc2)ccc1Cl. The summed E-state index contributed by atoms with van der Waals surface area (Å²) in [6.45, 7) is -0.509. The van der Waals surface area contributed by atoms with Crippen molar-refractivity contribution in [2.24, 2.45) is 0 Å². The van der Waals surface area contributed by atoms with Crippen molar-refractivity contribution in [1.82, 2.24) is 4.31 Å². The summed E-state index contributed by atoms with van der Waals surface area (Å²) in [5.41, 5.74) is 0.912. The van der Waals surface area contributed by atoms with Gasteiger partial charge in [-0.15, -0.1) is 0 Å². The molecule has 0 aliphatic heterocycles. The average Bonchev–Trinajstić information content (AvgIpc) is 2.63. The number of amides is 1. The Bertz CT molecular complexity index is 976. The molecule has 0 atom stereocenters. The number of nitrogens with zero attached hydrogens (tertiary/aromatic N) is 1. The van der Waals surface area contributed by atoms with Gasteiger partial charge >= 0.3 is 5.97 Å². The molecular formula is C18H18Cl2N2O5S. The van der Waals surface area contributed by atoms with Gasteiger partial charge in [-0.2, -0.15) is 0 Å². The molecule has 2 aromatic rings. The lowest BCUT2D eigenvalue weighted by Gasteiger charge is -2.14. The van der Waals surface area contributed by atoms with Gasteiger partial charge in [0.25, 0.3) is 5.91 Å². The lowest BCUT2D eigenvalue weighted by Crippen LogP contribution is -2.24. The first kappa shape index (κ1) is 22.2. The molecular weight excluding hydrogens is 427 g/mol. The summed E-state index contributed by atoms with van der Waals surface area (Å²) in [7, 11) is -1.03. The Morgan fingerprint density at radius 2 is 1.71 bits per heavy atom. The third kappa shape index (κ3) is 5.93. The van der Waals surface area contributed by atoms with Gasteiger partial charge in [0, 0.05) is 24.8 Å². The predicted molar refractivity (Wildman–Crippen MR) is 107 cm³/mol. The van der Waals surface area contributed by atoms with Gasteiger partial charge in [0.2, 0.25) is 10.0 Å². The van der Waals surface area contributed by atoms with Crippen LogP contribution in [0.15, 0.2) is 47.4 Å². The first-order chi connectivity index (χ1) is 13.1. The quantitative estimate of drug-likeness (QED) is 0.662. The van der Waals surface area contributed by atoms with E-state index >= 15 is 0 Å². The lowest BCUT2D eigenvalue weighted by atomic mass is 10.1. The molecule has 0 saturated carbocycles. The van der Waals surface area contributed by atoms with Crippen molar-refractivity contribution in [3.63, 3.8) is 0 Å². The van der Waals surface area contributed by atoms with Crippen LogP contribution in [0, 0.1) is 0 Å². The third-order valence-corrected chi connectivity index (χ3v) is 6.15. The number of rotatable bonds is 7. The minimum atomic E-state index is -3.77. The van der Waals surface area contributed by atoms with Gasteiger partial charge in [-0.05, 0) is 35.9 Å². The first-order valence-electron chi connectivity index (χ1n) is 8.01. The maximum Gasteiger partial charge on any atom is 0.310 e. The van der Waals surface area contributed by atoms with Crippen LogP contribution < -0.4 is 5.32 Å². The normalized spacial score (nSPS) is 11.3. The van der Waals surface area contributed by atoms with E-state index in [1.165, 1.54) is 32.3 Å². The Balaban J connectivity index is 1.96. The Hall–Kier alpha value is -2.13. The van der Waals surface area contributed by atoms with E-state index in [-0.39, 0.29) is 22.0 Å². The van der Waals surface area contributed by atoms with E-state index in [2.05, 4.69) is 5.32 Å². The number of ether oxygens (including phenoxy) is 1. The maximum absolute atomic E-state index is 12.3. The number of anilines is 1. The van der Waals surface area contributed by atoms with E-state index < -0.39 is 28.5 Å². The van der Waals surface area contributed by atoms with Crippen LogP contribution in [0.4, 0.5) is 5.69 Å². The highest BCUT2D eigenvalue weighted by atomic mass is 35.5. The van der Waals surface area contributed by atoms with E-state index in [0.717, 1.165) is 4.31 Å². The third-order valence-electron chi connectivity index (χ3n) is 3.60. The highest BCUT2D eigenvalue weighted by Gasteiger charge is 2.21. The van der Waals surface area contributed by atoms with Crippen LogP contribution in [0.25, 0.3) is 0 Å². The predicted octanol–water partition coefficient (Wildman–Crippen LogP) is 2.97. The van der Waals surface area contributed by atoms with E-state index in [0.29, 0.717) is 10.6 Å². The molecule has 2 rings (SSSR count). The Kier molecular flexibility index (Phi) is 7.42. The second-order valence-corrected chi connectivity index (χ2v) is 8.91. The monoisotopic (exact) mass is 444 g/mol. The fourth-order valence-corrected chi connectivity index (χ4v) is 3.66. The number of hydrogen-bond donors (Lipinski definition) is 1. The molecule has 150 valence electrons. The number of sulfonamides is 1. The topological polar surface area (TPSA) is 92.8 Å². The summed E-state index contributed by atoms with van der Waals surface area (Å²) in [5, 5.41) is 3.05. The summed E-state index contributed by atoms with van der Waals surface area (Å²) in [4.78, 5) is 23.7. The molecule has 1 N–H and O–H groups in total. The Morgan fingerprint density at radius 3 is 2.32 bits per heavy atom. The van der Waals surface area contributed by atoms with Crippen molar-refractivity contribution in [3.05, 3.63) is 58.1 Å². The zero-order valence-corrected chi connectivity index (χ0v) is 17.4. The van der Waals surface area contributed by atoms with Gasteiger partial charge in [-0.1, -0.05) is 35.3 Å². The molecule has 0 aliphatic rings. The lowest BCUT2D eigenvalue weighted by molar-refractivity contribution is -0.146. The van der Waals surface area contributed by atoms with Crippen LogP contribution in [0.1, 0.15) is 5.56 Å². The van der Waals surface area contributed by atoms with E-state index in [9.17, 15) is 18.0 Å². The van der Waals surface area contributed by atoms with Crippen molar-refractivity contribution in [1.29, 1.82) is 0 Å². The van der Waals surface area contributed by atoms with Gasteiger partial charge in [0.05, 0.1) is 11.4 Å². The molecule has 0 fully saturated rings. The fourth-order valence-electron chi connectivity index (χ4n) is 2.14. The molecule has 28 heavy (non-hydrogen) atoms. The molecule has 0 spiro atoms. The maximum atomic E-state index is 12.3. The van der Waals surface area contributed by atoms with Crippen molar-refractivity contribution in [3.8, 4) is 0 Å². The van der Waals surface area contributed by atoms with E-state index in [1.807, 2.05) is 0 Å². The molecule has 0 radical (unpaired) electrons.